The summed E-state index contributed by atoms with van der Waals surface area (Å²) in [6, 6.07) is 7.71. The fraction of sp³-hybridized carbons (Fsp3) is 0.231. The number of hydrogen-bond acceptors (Lipinski definition) is 4. The number of aromatic nitrogens is 2. The molecule has 19 heavy (non-hydrogen) atoms. The molecule has 1 heterocycles. The van der Waals surface area contributed by atoms with Crippen molar-refractivity contribution >= 4 is 39.3 Å². The van der Waals surface area contributed by atoms with Crippen LogP contribution in [0, 0.1) is 0 Å². The van der Waals surface area contributed by atoms with E-state index in [0.717, 1.165) is 27.4 Å². The quantitative estimate of drug-likeness (QED) is 0.865. The number of anilines is 2. The Morgan fingerprint density at radius 1 is 1.21 bits per heavy atom. The van der Waals surface area contributed by atoms with Gasteiger partial charge < -0.3 is 10.6 Å². The van der Waals surface area contributed by atoms with Crippen LogP contribution in [0.2, 0.25) is 5.02 Å². The molecular weight excluding hydrogens is 328 g/mol. The third-order valence-corrected chi connectivity index (χ3v) is 3.28. The van der Waals surface area contributed by atoms with E-state index in [2.05, 4.69) is 36.5 Å². The van der Waals surface area contributed by atoms with Gasteiger partial charge in [0.05, 0.1) is 4.47 Å². The SMILES string of the molecule is CCNc1ncc(Br)c(NCc2ccc(Cl)cc2)n1. The van der Waals surface area contributed by atoms with E-state index in [9.17, 15) is 0 Å². The third-order valence-electron chi connectivity index (χ3n) is 2.45. The summed E-state index contributed by atoms with van der Waals surface area (Å²) in [4.78, 5) is 8.56. The molecule has 0 aliphatic carbocycles. The van der Waals surface area contributed by atoms with Crippen molar-refractivity contribution in [3.63, 3.8) is 0 Å². The van der Waals surface area contributed by atoms with Gasteiger partial charge >= 0.3 is 0 Å². The second-order valence-corrected chi connectivity index (χ2v) is 5.19. The molecule has 0 aliphatic rings. The summed E-state index contributed by atoms with van der Waals surface area (Å²) >= 11 is 9.28. The first kappa shape index (κ1) is 14.1. The van der Waals surface area contributed by atoms with Crippen LogP contribution in [-0.4, -0.2) is 16.5 Å². The molecule has 0 bridgehead atoms. The zero-order valence-electron chi connectivity index (χ0n) is 10.5. The first-order valence-electron chi connectivity index (χ1n) is 5.93. The fourth-order valence-electron chi connectivity index (χ4n) is 1.52. The van der Waals surface area contributed by atoms with Crippen LogP contribution in [0.25, 0.3) is 0 Å². The first-order chi connectivity index (χ1) is 9.19. The molecule has 2 N–H and O–H groups in total. The summed E-state index contributed by atoms with van der Waals surface area (Å²) in [5, 5.41) is 7.08. The highest BCUT2D eigenvalue weighted by Crippen LogP contribution is 2.21. The fourth-order valence-corrected chi connectivity index (χ4v) is 1.98. The van der Waals surface area contributed by atoms with E-state index < -0.39 is 0 Å². The Morgan fingerprint density at radius 3 is 2.63 bits per heavy atom. The molecule has 4 nitrogen and oxygen atoms in total. The summed E-state index contributed by atoms with van der Waals surface area (Å²) in [5.41, 5.74) is 1.14. The average Bonchev–Trinajstić information content (AvgIpc) is 2.41. The lowest BCUT2D eigenvalue weighted by atomic mass is 10.2. The normalized spacial score (nSPS) is 10.3. The van der Waals surface area contributed by atoms with Crippen LogP contribution in [0.15, 0.2) is 34.9 Å². The van der Waals surface area contributed by atoms with Gasteiger partial charge in [0.15, 0.2) is 0 Å². The van der Waals surface area contributed by atoms with Crippen LogP contribution < -0.4 is 10.6 Å². The van der Waals surface area contributed by atoms with Crippen LogP contribution >= 0.6 is 27.5 Å². The predicted octanol–water partition coefficient (Wildman–Crippen LogP) is 3.94. The molecule has 0 saturated heterocycles. The topological polar surface area (TPSA) is 49.8 Å². The molecule has 0 saturated carbocycles. The second kappa shape index (κ2) is 6.73. The number of hydrogen-bond donors (Lipinski definition) is 2. The highest BCUT2D eigenvalue weighted by molar-refractivity contribution is 9.10. The Labute approximate surface area is 125 Å². The highest BCUT2D eigenvalue weighted by Gasteiger charge is 2.04. The molecule has 6 heteroatoms. The van der Waals surface area contributed by atoms with Gasteiger partial charge in [0.25, 0.3) is 0 Å². The van der Waals surface area contributed by atoms with Gasteiger partial charge in [-0.1, -0.05) is 23.7 Å². The molecule has 0 amide bonds. The molecule has 0 unspecified atom stereocenters. The van der Waals surface area contributed by atoms with Crippen LogP contribution in [0.4, 0.5) is 11.8 Å². The lowest BCUT2D eigenvalue weighted by molar-refractivity contribution is 1.04. The van der Waals surface area contributed by atoms with Gasteiger partial charge in [-0.25, -0.2) is 4.98 Å². The number of rotatable bonds is 5. The molecule has 1 aromatic carbocycles. The van der Waals surface area contributed by atoms with Crippen LogP contribution in [0.1, 0.15) is 12.5 Å². The van der Waals surface area contributed by atoms with E-state index in [0.29, 0.717) is 12.5 Å². The minimum absolute atomic E-state index is 0.615. The van der Waals surface area contributed by atoms with E-state index in [1.165, 1.54) is 0 Å². The van der Waals surface area contributed by atoms with Crippen molar-refractivity contribution < 1.29 is 0 Å². The Kier molecular flexibility index (Phi) is 4.99. The maximum atomic E-state index is 5.85. The van der Waals surface area contributed by atoms with Crippen molar-refractivity contribution in [3.05, 3.63) is 45.5 Å². The predicted molar refractivity (Wildman–Crippen MR) is 82.7 cm³/mol. The van der Waals surface area contributed by atoms with Crippen LogP contribution in [0.5, 0.6) is 0 Å². The van der Waals surface area contributed by atoms with Crippen molar-refractivity contribution in [1.29, 1.82) is 0 Å². The van der Waals surface area contributed by atoms with Crippen molar-refractivity contribution in [2.24, 2.45) is 0 Å². The van der Waals surface area contributed by atoms with Gasteiger partial charge in [0.2, 0.25) is 5.95 Å². The van der Waals surface area contributed by atoms with Gasteiger partial charge in [-0.05, 0) is 40.5 Å². The number of halogens is 2. The highest BCUT2D eigenvalue weighted by atomic mass is 79.9. The molecule has 0 atom stereocenters. The lowest BCUT2D eigenvalue weighted by Gasteiger charge is -2.09. The molecule has 0 aliphatic heterocycles. The number of nitrogens with zero attached hydrogens (tertiary/aromatic N) is 2. The Balaban J connectivity index is 2.05. The zero-order chi connectivity index (χ0) is 13.7. The number of benzene rings is 1. The molecule has 0 radical (unpaired) electrons. The summed E-state index contributed by atoms with van der Waals surface area (Å²) in [6.07, 6.45) is 1.73. The van der Waals surface area contributed by atoms with E-state index >= 15 is 0 Å². The Bertz CT molecular complexity index is 545. The molecule has 100 valence electrons. The summed E-state index contributed by atoms with van der Waals surface area (Å²) in [5.74, 6) is 1.38. The van der Waals surface area contributed by atoms with Crippen LogP contribution in [0.3, 0.4) is 0 Å². The molecule has 0 spiro atoms. The Hall–Kier alpha value is -1.33. The van der Waals surface area contributed by atoms with E-state index in [-0.39, 0.29) is 0 Å². The molecule has 0 fully saturated rings. The average molecular weight is 342 g/mol. The van der Waals surface area contributed by atoms with E-state index in [1.54, 1.807) is 6.20 Å². The maximum Gasteiger partial charge on any atom is 0.224 e. The van der Waals surface area contributed by atoms with Gasteiger partial charge in [-0.3, -0.25) is 0 Å². The second-order valence-electron chi connectivity index (χ2n) is 3.90. The van der Waals surface area contributed by atoms with Gasteiger partial charge in [-0.15, -0.1) is 0 Å². The van der Waals surface area contributed by atoms with Crippen LogP contribution in [-0.2, 0) is 6.54 Å². The van der Waals surface area contributed by atoms with Crippen molar-refractivity contribution in [2.75, 3.05) is 17.2 Å². The minimum atomic E-state index is 0.615. The van der Waals surface area contributed by atoms with Gasteiger partial charge in [-0.2, -0.15) is 4.98 Å². The third kappa shape index (κ3) is 4.08. The minimum Gasteiger partial charge on any atom is -0.365 e. The lowest BCUT2D eigenvalue weighted by Crippen LogP contribution is -2.07. The van der Waals surface area contributed by atoms with E-state index in [1.807, 2.05) is 31.2 Å². The smallest absolute Gasteiger partial charge is 0.224 e. The molecule has 1 aromatic heterocycles. The van der Waals surface area contributed by atoms with Gasteiger partial charge in [0.1, 0.15) is 5.82 Å². The zero-order valence-corrected chi connectivity index (χ0v) is 12.8. The van der Waals surface area contributed by atoms with Crippen molar-refractivity contribution in [1.82, 2.24) is 9.97 Å². The van der Waals surface area contributed by atoms with Crippen molar-refractivity contribution in [3.8, 4) is 0 Å². The number of nitrogens with one attached hydrogen (secondary N) is 2. The Morgan fingerprint density at radius 2 is 1.95 bits per heavy atom. The maximum absolute atomic E-state index is 5.85. The summed E-state index contributed by atoms with van der Waals surface area (Å²) < 4.78 is 0.836. The molecule has 2 aromatic rings. The molecule has 2 rings (SSSR count). The van der Waals surface area contributed by atoms with Crippen molar-refractivity contribution in [2.45, 2.75) is 13.5 Å². The van der Waals surface area contributed by atoms with E-state index in [4.69, 9.17) is 11.6 Å². The standard InChI is InChI=1S/C13H14BrClN4/c1-2-16-13-18-8-11(14)12(19-13)17-7-9-3-5-10(15)6-4-9/h3-6,8H,2,7H2,1H3,(H2,16,17,18,19). The molecular formula is C13H14BrClN4. The monoisotopic (exact) mass is 340 g/mol. The largest absolute Gasteiger partial charge is 0.365 e. The first-order valence-corrected chi connectivity index (χ1v) is 7.11. The summed E-state index contributed by atoms with van der Waals surface area (Å²) in [7, 11) is 0. The van der Waals surface area contributed by atoms with Gasteiger partial charge in [0, 0.05) is 24.3 Å². The summed E-state index contributed by atoms with van der Waals surface area (Å²) in [6.45, 7) is 3.48.